The van der Waals surface area contributed by atoms with Crippen LogP contribution in [0.2, 0.25) is 0 Å². The van der Waals surface area contributed by atoms with Gasteiger partial charge >= 0.3 is 0 Å². The minimum atomic E-state index is 0.266. The van der Waals surface area contributed by atoms with Gasteiger partial charge in [-0.1, -0.05) is 29.8 Å². The molecule has 2 N–H and O–H groups in total. The summed E-state index contributed by atoms with van der Waals surface area (Å²) in [6.45, 7) is 7.57. The lowest BCUT2D eigenvalue weighted by atomic mass is 9.86. The molecule has 1 aromatic rings. The fraction of sp³-hybridized carbons (Fsp3) is 0.647. The van der Waals surface area contributed by atoms with E-state index in [0.29, 0.717) is 6.54 Å². The van der Waals surface area contributed by atoms with E-state index in [0.717, 1.165) is 35.1 Å². The molecule has 2 rings (SSSR count). The number of piperidine rings is 1. The number of rotatable bonds is 5. The van der Waals surface area contributed by atoms with Crippen LogP contribution in [-0.2, 0) is 0 Å². The van der Waals surface area contributed by atoms with Crippen LogP contribution < -0.4 is 10.5 Å². The van der Waals surface area contributed by atoms with Crippen molar-refractivity contribution in [2.75, 3.05) is 26.7 Å². The number of hydrogen-bond donors (Lipinski definition) is 1. The maximum absolute atomic E-state index is 6.09. The van der Waals surface area contributed by atoms with Gasteiger partial charge < -0.3 is 10.5 Å². The summed E-state index contributed by atoms with van der Waals surface area (Å²) in [6, 6.07) is 6.41. The summed E-state index contributed by atoms with van der Waals surface area (Å²) in [6.07, 6.45) is 2.55. The van der Waals surface area contributed by atoms with Crippen molar-refractivity contribution in [2.24, 2.45) is 17.6 Å². The van der Waals surface area contributed by atoms with Gasteiger partial charge in [0.25, 0.3) is 0 Å². The minimum absolute atomic E-state index is 0.266. The van der Waals surface area contributed by atoms with Crippen LogP contribution in [-0.4, -0.2) is 31.6 Å². The molecule has 1 aliphatic heterocycles. The van der Waals surface area contributed by atoms with Gasteiger partial charge in [0.15, 0.2) is 0 Å². The Hall–Kier alpha value is -0.580. The normalized spacial score (nSPS) is 19.0. The Morgan fingerprint density at radius 3 is 2.52 bits per heavy atom. The number of methoxy groups -OCH3 is 1. The van der Waals surface area contributed by atoms with Crippen LogP contribution in [0.4, 0.5) is 0 Å². The smallest absolute Gasteiger partial charge is 0.119 e. The van der Waals surface area contributed by atoms with Gasteiger partial charge in [0.2, 0.25) is 0 Å². The molecule has 1 aromatic carbocycles. The predicted molar refractivity (Wildman–Crippen MR) is 91.6 cm³/mol. The SMILES string of the molecule is COc1ccc(Br)c(C(CN)N2CCC(C(C)C)CC2)c1. The first-order chi connectivity index (χ1) is 10.1. The van der Waals surface area contributed by atoms with Crippen molar-refractivity contribution in [3.05, 3.63) is 28.2 Å². The number of benzene rings is 1. The maximum Gasteiger partial charge on any atom is 0.119 e. The molecule has 3 nitrogen and oxygen atoms in total. The summed E-state index contributed by atoms with van der Waals surface area (Å²) in [5, 5.41) is 0. The number of nitrogens with zero attached hydrogens (tertiary/aromatic N) is 1. The minimum Gasteiger partial charge on any atom is -0.497 e. The summed E-state index contributed by atoms with van der Waals surface area (Å²) in [4.78, 5) is 2.53. The van der Waals surface area contributed by atoms with Crippen LogP contribution in [0.25, 0.3) is 0 Å². The molecule has 1 saturated heterocycles. The van der Waals surface area contributed by atoms with Crippen molar-refractivity contribution in [1.82, 2.24) is 4.90 Å². The van der Waals surface area contributed by atoms with E-state index in [9.17, 15) is 0 Å². The fourth-order valence-corrected chi connectivity index (χ4v) is 3.79. The second-order valence-corrected chi connectivity index (χ2v) is 7.11. The number of halogens is 1. The molecule has 1 atom stereocenters. The van der Waals surface area contributed by atoms with E-state index in [2.05, 4.69) is 46.8 Å². The average Bonchev–Trinajstić information content (AvgIpc) is 2.50. The predicted octanol–water partition coefficient (Wildman–Crippen LogP) is 3.83. The lowest BCUT2D eigenvalue weighted by Gasteiger charge is -2.39. The van der Waals surface area contributed by atoms with E-state index in [1.165, 1.54) is 18.4 Å². The molecular weight excluding hydrogens is 328 g/mol. The van der Waals surface area contributed by atoms with Crippen LogP contribution in [0.3, 0.4) is 0 Å². The molecule has 0 bridgehead atoms. The van der Waals surface area contributed by atoms with E-state index < -0.39 is 0 Å². The summed E-state index contributed by atoms with van der Waals surface area (Å²) in [5.41, 5.74) is 7.32. The third-order valence-corrected chi connectivity index (χ3v) is 5.47. The topological polar surface area (TPSA) is 38.5 Å². The van der Waals surface area contributed by atoms with Crippen molar-refractivity contribution >= 4 is 15.9 Å². The zero-order chi connectivity index (χ0) is 15.4. The third-order valence-electron chi connectivity index (χ3n) is 4.74. The Bertz CT molecular complexity index is 456. The first-order valence-corrected chi connectivity index (χ1v) is 8.63. The Morgan fingerprint density at radius 2 is 2.00 bits per heavy atom. The number of ether oxygens (including phenoxy) is 1. The average molecular weight is 355 g/mol. The van der Waals surface area contributed by atoms with Gasteiger partial charge in [0, 0.05) is 17.1 Å². The van der Waals surface area contributed by atoms with E-state index in [1.54, 1.807) is 7.11 Å². The molecule has 0 spiro atoms. The number of hydrogen-bond acceptors (Lipinski definition) is 3. The van der Waals surface area contributed by atoms with Gasteiger partial charge in [0.1, 0.15) is 5.75 Å². The van der Waals surface area contributed by atoms with E-state index in [4.69, 9.17) is 10.5 Å². The molecule has 118 valence electrons. The molecule has 21 heavy (non-hydrogen) atoms. The monoisotopic (exact) mass is 354 g/mol. The lowest BCUT2D eigenvalue weighted by molar-refractivity contribution is 0.117. The highest BCUT2D eigenvalue weighted by Gasteiger charge is 2.27. The maximum atomic E-state index is 6.09. The highest BCUT2D eigenvalue weighted by atomic mass is 79.9. The molecule has 1 fully saturated rings. The Balaban J connectivity index is 2.13. The zero-order valence-electron chi connectivity index (χ0n) is 13.3. The molecule has 0 radical (unpaired) electrons. The Morgan fingerprint density at radius 1 is 1.33 bits per heavy atom. The second kappa shape index (κ2) is 7.61. The van der Waals surface area contributed by atoms with Crippen LogP contribution in [0.5, 0.6) is 5.75 Å². The zero-order valence-corrected chi connectivity index (χ0v) is 14.9. The van der Waals surface area contributed by atoms with E-state index in [1.807, 2.05) is 6.07 Å². The van der Waals surface area contributed by atoms with Crippen molar-refractivity contribution in [2.45, 2.75) is 32.7 Å². The van der Waals surface area contributed by atoms with Crippen molar-refractivity contribution < 1.29 is 4.74 Å². The van der Waals surface area contributed by atoms with Crippen LogP contribution in [0, 0.1) is 11.8 Å². The largest absolute Gasteiger partial charge is 0.497 e. The molecular formula is C17H27BrN2O. The molecule has 1 aliphatic rings. The molecule has 0 aromatic heterocycles. The third kappa shape index (κ3) is 3.99. The van der Waals surface area contributed by atoms with Crippen molar-refractivity contribution in [1.29, 1.82) is 0 Å². The van der Waals surface area contributed by atoms with Gasteiger partial charge in [-0.25, -0.2) is 0 Å². The molecule has 0 amide bonds. The molecule has 1 unspecified atom stereocenters. The highest BCUT2D eigenvalue weighted by molar-refractivity contribution is 9.10. The Labute approximate surface area is 137 Å². The molecule has 4 heteroatoms. The summed E-state index contributed by atoms with van der Waals surface area (Å²) >= 11 is 3.67. The molecule has 1 heterocycles. The van der Waals surface area contributed by atoms with Gasteiger partial charge in [-0.3, -0.25) is 4.90 Å². The first kappa shape index (κ1) is 16.8. The van der Waals surface area contributed by atoms with Gasteiger partial charge in [0.05, 0.1) is 7.11 Å². The van der Waals surface area contributed by atoms with Gasteiger partial charge in [-0.2, -0.15) is 0 Å². The standard InChI is InChI=1S/C17H27BrN2O/c1-12(2)13-6-8-20(9-7-13)17(11-19)15-10-14(21-3)4-5-16(15)18/h4-5,10,12-13,17H,6-9,11,19H2,1-3H3. The Kier molecular flexibility index (Phi) is 6.08. The quantitative estimate of drug-likeness (QED) is 0.873. The lowest BCUT2D eigenvalue weighted by Crippen LogP contribution is -2.40. The summed E-state index contributed by atoms with van der Waals surface area (Å²) in [5.74, 6) is 2.53. The van der Waals surface area contributed by atoms with Crippen LogP contribution in [0.15, 0.2) is 22.7 Å². The molecule has 0 aliphatic carbocycles. The van der Waals surface area contributed by atoms with Gasteiger partial charge in [-0.15, -0.1) is 0 Å². The fourth-order valence-electron chi connectivity index (χ4n) is 3.27. The van der Waals surface area contributed by atoms with Gasteiger partial charge in [-0.05, 0) is 61.5 Å². The van der Waals surface area contributed by atoms with Crippen molar-refractivity contribution in [3.8, 4) is 5.75 Å². The van der Waals surface area contributed by atoms with Crippen molar-refractivity contribution in [3.63, 3.8) is 0 Å². The first-order valence-electron chi connectivity index (χ1n) is 7.84. The summed E-state index contributed by atoms with van der Waals surface area (Å²) in [7, 11) is 1.71. The highest BCUT2D eigenvalue weighted by Crippen LogP contribution is 2.34. The molecule has 0 saturated carbocycles. The summed E-state index contributed by atoms with van der Waals surface area (Å²) < 4.78 is 6.48. The number of likely N-dealkylation sites (tertiary alicyclic amines) is 1. The second-order valence-electron chi connectivity index (χ2n) is 6.26. The number of nitrogens with two attached hydrogens (primary N) is 1. The van der Waals surface area contributed by atoms with E-state index >= 15 is 0 Å². The van der Waals surface area contributed by atoms with E-state index in [-0.39, 0.29) is 6.04 Å². The van der Waals surface area contributed by atoms with Crippen LogP contribution in [0.1, 0.15) is 38.3 Å². The van der Waals surface area contributed by atoms with Crippen LogP contribution >= 0.6 is 15.9 Å².